The van der Waals surface area contributed by atoms with Crippen LogP contribution in [-0.2, 0) is 0 Å². The van der Waals surface area contributed by atoms with Gasteiger partial charge in [0.2, 0.25) is 0 Å². The maximum absolute atomic E-state index is 10.9. The van der Waals surface area contributed by atoms with Crippen LogP contribution in [-0.4, -0.2) is 11.9 Å². The highest BCUT2D eigenvalue weighted by molar-refractivity contribution is 5.95. The van der Waals surface area contributed by atoms with Crippen LogP contribution in [0.25, 0.3) is 0 Å². The Morgan fingerprint density at radius 3 is 2.00 bits per heavy atom. The molecule has 0 unspecified atom stereocenters. The molecule has 0 aliphatic carbocycles. The van der Waals surface area contributed by atoms with Crippen molar-refractivity contribution < 1.29 is 14.7 Å². The zero-order valence-corrected chi connectivity index (χ0v) is 6.61. The second kappa shape index (κ2) is 3.68. The van der Waals surface area contributed by atoms with Crippen LogP contribution in [0, 0.1) is 0 Å². The van der Waals surface area contributed by atoms with Gasteiger partial charge in [0.25, 0.3) is 5.91 Å². The molecule has 5 nitrogen and oxygen atoms in total. The van der Waals surface area contributed by atoms with Crippen molar-refractivity contribution in [2.75, 3.05) is 0 Å². The van der Waals surface area contributed by atoms with Crippen molar-refractivity contribution in [1.29, 1.82) is 0 Å². The first-order chi connectivity index (χ1) is 6.15. The van der Waals surface area contributed by atoms with Crippen LogP contribution in [0.5, 0.6) is 0 Å². The first-order valence-corrected chi connectivity index (χ1v) is 3.47. The van der Waals surface area contributed by atoms with Crippen LogP contribution >= 0.6 is 0 Å². The molecule has 1 aromatic rings. The Kier molecular flexibility index (Phi) is 2.61. The van der Waals surface area contributed by atoms with Gasteiger partial charge >= 0.3 is 0 Å². The number of carboxylic acids is 1. The lowest BCUT2D eigenvalue weighted by molar-refractivity contribution is -0.255. The zero-order chi connectivity index (χ0) is 9.84. The maximum Gasteiger partial charge on any atom is 0.265 e. The first-order valence-electron chi connectivity index (χ1n) is 3.47. The number of nitrogen functional groups attached to an aromatic ring is 1. The highest BCUT2D eigenvalue weighted by Gasteiger charge is 2.02. The smallest absolute Gasteiger partial charge is 0.265 e. The molecule has 0 saturated carbocycles. The molecule has 0 fully saturated rings. The number of carbonyl (C=O) groups is 2. The van der Waals surface area contributed by atoms with Gasteiger partial charge in [-0.15, -0.1) is 0 Å². The van der Waals surface area contributed by atoms with Gasteiger partial charge in [0.05, 0.1) is 5.97 Å². The fourth-order valence-electron chi connectivity index (χ4n) is 0.841. The number of rotatable bonds is 2. The lowest BCUT2D eigenvalue weighted by Crippen LogP contribution is -2.30. The minimum Gasteiger partial charge on any atom is -0.545 e. The van der Waals surface area contributed by atoms with E-state index in [9.17, 15) is 14.7 Å². The van der Waals surface area contributed by atoms with Crippen LogP contribution in [0.15, 0.2) is 24.3 Å². The van der Waals surface area contributed by atoms with Gasteiger partial charge in [-0.1, -0.05) is 12.1 Å². The predicted octanol–water partition coefficient (Wildman–Crippen LogP) is -1.35. The van der Waals surface area contributed by atoms with Crippen LogP contribution in [0.2, 0.25) is 0 Å². The van der Waals surface area contributed by atoms with Crippen molar-refractivity contribution in [2.24, 2.45) is 5.84 Å². The van der Waals surface area contributed by atoms with Gasteiger partial charge in [0.15, 0.2) is 0 Å². The Morgan fingerprint density at radius 1 is 1.15 bits per heavy atom. The number of nitrogens with one attached hydrogen (secondary N) is 1. The summed E-state index contributed by atoms with van der Waals surface area (Å²) in [4.78, 5) is 21.2. The van der Waals surface area contributed by atoms with Crippen molar-refractivity contribution in [1.82, 2.24) is 5.43 Å². The number of carboxylic acid groups (broad SMARTS) is 1. The van der Waals surface area contributed by atoms with Crippen LogP contribution < -0.4 is 16.4 Å². The van der Waals surface area contributed by atoms with Gasteiger partial charge in [0, 0.05) is 5.56 Å². The summed E-state index contributed by atoms with van der Waals surface area (Å²) in [6.07, 6.45) is 0. The Hall–Kier alpha value is -1.88. The fraction of sp³-hybridized carbons (Fsp3) is 0. The molecule has 0 bridgehead atoms. The summed E-state index contributed by atoms with van der Waals surface area (Å²) in [5, 5.41) is 10.3. The van der Waals surface area contributed by atoms with Gasteiger partial charge in [-0.3, -0.25) is 10.2 Å². The minimum atomic E-state index is -1.28. The van der Waals surface area contributed by atoms with E-state index in [0.717, 1.165) is 0 Å². The van der Waals surface area contributed by atoms with E-state index in [1.165, 1.54) is 24.3 Å². The van der Waals surface area contributed by atoms with Gasteiger partial charge in [-0.05, 0) is 17.7 Å². The van der Waals surface area contributed by atoms with Gasteiger partial charge in [-0.2, -0.15) is 0 Å². The molecule has 5 heteroatoms. The Labute approximate surface area is 74.1 Å². The Balaban J connectivity index is 2.93. The van der Waals surface area contributed by atoms with Crippen molar-refractivity contribution in [2.45, 2.75) is 0 Å². The van der Waals surface area contributed by atoms with E-state index in [2.05, 4.69) is 0 Å². The van der Waals surface area contributed by atoms with E-state index in [1.807, 2.05) is 5.43 Å². The predicted molar refractivity (Wildman–Crippen MR) is 42.4 cm³/mol. The van der Waals surface area contributed by atoms with E-state index in [0.29, 0.717) is 5.56 Å². The molecule has 1 aromatic carbocycles. The standard InChI is InChI=1S/C8H8N2O3/c9-10-7(11)5-1-3-6(4-2-5)8(12)13/h1-4H,9H2,(H,10,11)(H,12,13)/p-1. The molecule has 0 atom stereocenters. The number of nitrogens with two attached hydrogens (primary N) is 1. The summed E-state index contributed by atoms with van der Waals surface area (Å²) >= 11 is 0. The molecule has 0 heterocycles. The average molecular weight is 179 g/mol. The second-order valence-electron chi connectivity index (χ2n) is 2.34. The minimum absolute atomic E-state index is 0.0218. The summed E-state index contributed by atoms with van der Waals surface area (Å²) in [5.74, 6) is 3.13. The molecule has 0 aliphatic heterocycles. The highest BCUT2D eigenvalue weighted by Crippen LogP contribution is 2.02. The van der Waals surface area contributed by atoms with Gasteiger partial charge < -0.3 is 9.90 Å². The monoisotopic (exact) mass is 179 g/mol. The maximum atomic E-state index is 10.9. The molecular weight excluding hydrogens is 172 g/mol. The number of benzene rings is 1. The molecule has 0 saturated heterocycles. The SMILES string of the molecule is NNC(=O)c1ccc(C(=O)[O-])cc1. The fourth-order valence-corrected chi connectivity index (χ4v) is 0.841. The quantitative estimate of drug-likeness (QED) is 0.333. The van der Waals surface area contributed by atoms with Gasteiger partial charge in [-0.25, -0.2) is 5.84 Å². The van der Waals surface area contributed by atoms with E-state index in [-0.39, 0.29) is 5.56 Å². The molecular formula is C8H7N2O3-. The third-order valence-electron chi connectivity index (χ3n) is 1.51. The highest BCUT2D eigenvalue weighted by atomic mass is 16.4. The molecule has 1 rings (SSSR count). The summed E-state index contributed by atoms with van der Waals surface area (Å²) in [5.41, 5.74) is 2.25. The molecule has 0 aliphatic rings. The van der Waals surface area contributed by atoms with Crippen LogP contribution in [0.4, 0.5) is 0 Å². The van der Waals surface area contributed by atoms with Crippen molar-refractivity contribution in [3.05, 3.63) is 35.4 Å². The Bertz CT molecular complexity index is 332. The molecule has 0 aromatic heterocycles. The second-order valence-corrected chi connectivity index (χ2v) is 2.34. The summed E-state index contributed by atoms with van der Waals surface area (Å²) in [7, 11) is 0. The van der Waals surface area contributed by atoms with Crippen LogP contribution in [0.3, 0.4) is 0 Å². The third-order valence-corrected chi connectivity index (χ3v) is 1.51. The largest absolute Gasteiger partial charge is 0.545 e. The number of amides is 1. The summed E-state index contributed by atoms with van der Waals surface area (Å²) < 4.78 is 0. The summed E-state index contributed by atoms with van der Waals surface area (Å²) in [6.45, 7) is 0. The van der Waals surface area contributed by atoms with E-state index in [4.69, 9.17) is 5.84 Å². The molecule has 3 N–H and O–H groups in total. The number of aromatic carboxylic acids is 1. The number of hydrogen-bond donors (Lipinski definition) is 2. The van der Waals surface area contributed by atoms with Crippen molar-refractivity contribution in [3.63, 3.8) is 0 Å². The summed E-state index contributed by atoms with van der Waals surface area (Å²) in [6, 6.07) is 5.26. The third kappa shape index (κ3) is 2.03. The van der Waals surface area contributed by atoms with E-state index in [1.54, 1.807) is 0 Å². The number of carbonyl (C=O) groups excluding carboxylic acids is 2. The topological polar surface area (TPSA) is 95.2 Å². The molecule has 13 heavy (non-hydrogen) atoms. The molecule has 1 amide bonds. The molecule has 0 spiro atoms. The van der Waals surface area contributed by atoms with E-state index < -0.39 is 11.9 Å². The lowest BCUT2D eigenvalue weighted by Gasteiger charge is -2.03. The number of hydrazine groups is 1. The first kappa shape index (κ1) is 9.21. The van der Waals surface area contributed by atoms with Crippen molar-refractivity contribution in [3.8, 4) is 0 Å². The normalized spacial score (nSPS) is 9.31. The van der Waals surface area contributed by atoms with Gasteiger partial charge in [0.1, 0.15) is 0 Å². The number of hydrogen-bond acceptors (Lipinski definition) is 4. The van der Waals surface area contributed by atoms with Crippen molar-refractivity contribution >= 4 is 11.9 Å². The van der Waals surface area contributed by atoms with E-state index >= 15 is 0 Å². The zero-order valence-electron chi connectivity index (χ0n) is 6.61. The van der Waals surface area contributed by atoms with Crippen LogP contribution in [0.1, 0.15) is 20.7 Å². The lowest BCUT2D eigenvalue weighted by atomic mass is 10.1. The Morgan fingerprint density at radius 2 is 1.62 bits per heavy atom. The average Bonchev–Trinajstić information content (AvgIpc) is 2.17. The molecule has 68 valence electrons. The molecule has 0 radical (unpaired) electrons.